The molecule has 0 aliphatic carbocycles. The van der Waals surface area contributed by atoms with Crippen molar-refractivity contribution >= 4 is 29.0 Å². The van der Waals surface area contributed by atoms with E-state index in [0.717, 1.165) is 16.8 Å². The Kier molecular flexibility index (Phi) is 10.5. The van der Waals surface area contributed by atoms with Crippen LogP contribution in [0.4, 0.5) is 16.2 Å². The fourth-order valence-corrected chi connectivity index (χ4v) is 2.06. The molecule has 0 aliphatic rings. The Balaban J connectivity index is 0.00000112. The molecule has 0 saturated heterocycles. The zero-order chi connectivity index (χ0) is 17.8. The lowest BCUT2D eigenvalue weighted by Crippen LogP contribution is -2.20. The van der Waals surface area contributed by atoms with Crippen LogP contribution in [-0.2, 0) is 0 Å². The fourth-order valence-electron chi connectivity index (χ4n) is 1.79. The Bertz CT molecular complexity index is 592. The second-order valence-corrected chi connectivity index (χ2v) is 4.79. The Hall–Kier alpha value is -2.00. The van der Waals surface area contributed by atoms with Gasteiger partial charge in [0.2, 0.25) is 0 Å². The van der Waals surface area contributed by atoms with Crippen LogP contribution in [0.5, 0.6) is 0 Å². The second-order valence-electron chi connectivity index (χ2n) is 4.38. The predicted molar refractivity (Wildman–Crippen MR) is 103 cm³/mol. The average molecular weight is 335 g/mol. The van der Waals surface area contributed by atoms with Crippen molar-refractivity contribution in [3.63, 3.8) is 0 Å². The standard InChI is InChI=1S/C15H15ClN2O.2C2H6/c1-10-5-3-7-12(9-10)17-15(19)18-14-11(2)6-4-8-13(14)16;2*1-2/h3-9H,1-2H3,(H2,17,18,19);2*1-2H3. The van der Waals surface area contributed by atoms with Gasteiger partial charge in [0.25, 0.3) is 0 Å². The smallest absolute Gasteiger partial charge is 0.308 e. The predicted octanol–water partition coefficient (Wildman–Crippen LogP) is 6.65. The highest BCUT2D eigenvalue weighted by Gasteiger charge is 2.08. The molecular weight excluding hydrogens is 308 g/mol. The molecule has 126 valence electrons. The minimum absolute atomic E-state index is 0.304. The van der Waals surface area contributed by atoms with Gasteiger partial charge in [-0.15, -0.1) is 0 Å². The fraction of sp³-hybridized carbons (Fsp3) is 0.316. The molecule has 0 aromatic heterocycles. The summed E-state index contributed by atoms with van der Waals surface area (Å²) in [5.41, 5.74) is 3.40. The van der Waals surface area contributed by atoms with Crippen molar-refractivity contribution in [3.05, 3.63) is 58.6 Å². The van der Waals surface area contributed by atoms with Crippen LogP contribution in [0, 0.1) is 13.8 Å². The van der Waals surface area contributed by atoms with Gasteiger partial charge in [0.1, 0.15) is 0 Å². The Labute approximate surface area is 145 Å². The van der Waals surface area contributed by atoms with Crippen LogP contribution in [0.3, 0.4) is 0 Å². The number of anilines is 2. The molecular formula is C19H27ClN2O. The highest BCUT2D eigenvalue weighted by Crippen LogP contribution is 2.25. The van der Waals surface area contributed by atoms with E-state index in [0.29, 0.717) is 10.7 Å². The Morgan fingerprint density at radius 3 is 2.09 bits per heavy atom. The molecule has 0 heterocycles. The maximum Gasteiger partial charge on any atom is 0.323 e. The van der Waals surface area contributed by atoms with E-state index < -0.39 is 0 Å². The number of para-hydroxylation sites is 1. The molecule has 2 amide bonds. The average Bonchev–Trinajstić information content (AvgIpc) is 2.55. The first kappa shape index (κ1) is 21.0. The second kappa shape index (κ2) is 11.6. The molecule has 4 heteroatoms. The molecule has 0 bridgehead atoms. The number of hydrogen-bond acceptors (Lipinski definition) is 1. The highest BCUT2D eigenvalue weighted by molar-refractivity contribution is 6.34. The van der Waals surface area contributed by atoms with Gasteiger partial charge in [-0.25, -0.2) is 4.79 Å². The van der Waals surface area contributed by atoms with Crippen LogP contribution in [0.2, 0.25) is 5.02 Å². The normalized spacial score (nSPS) is 8.83. The van der Waals surface area contributed by atoms with Gasteiger partial charge in [0.05, 0.1) is 10.7 Å². The number of amides is 2. The molecule has 0 unspecified atom stereocenters. The summed E-state index contributed by atoms with van der Waals surface area (Å²) in [6.07, 6.45) is 0. The molecule has 2 N–H and O–H groups in total. The van der Waals surface area contributed by atoms with Crippen LogP contribution in [0.1, 0.15) is 38.8 Å². The molecule has 3 nitrogen and oxygen atoms in total. The first-order valence-electron chi connectivity index (χ1n) is 7.96. The largest absolute Gasteiger partial charge is 0.323 e. The van der Waals surface area contributed by atoms with Gasteiger partial charge in [0, 0.05) is 5.69 Å². The van der Waals surface area contributed by atoms with E-state index in [1.54, 1.807) is 6.07 Å². The van der Waals surface area contributed by atoms with Gasteiger partial charge in [-0.05, 0) is 43.2 Å². The number of halogens is 1. The zero-order valence-corrected chi connectivity index (χ0v) is 15.6. The van der Waals surface area contributed by atoms with Crippen molar-refractivity contribution in [2.75, 3.05) is 10.6 Å². The van der Waals surface area contributed by atoms with E-state index in [9.17, 15) is 4.79 Å². The van der Waals surface area contributed by atoms with Crippen molar-refractivity contribution in [3.8, 4) is 0 Å². The van der Waals surface area contributed by atoms with Crippen LogP contribution < -0.4 is 10.6 Å². The van der Waals surface area contributed by atoms with Crippen molar-refractivity contribution in [1.29, 1.82) is 0 Å². The molecule has 2 rings (SSSR count). The van der Waals surface area contributed by atoms with Gasteiger partial charge in [-0.1, -0.05) is 63.6 Å². The van der Waals surface area contributed by atoms with Crippen molar-refractivity contribution in [1.82, 2.24) is 0 Å². The Morgan fingerprint density at radius 2 is 1.52 bits per heavy atom. The number of nitrogens with one attached hydrogen (secondary N) is 2. The third-order valence-electron chi connectivity index (χ3n) is 2.74. The summed E-state index contributed by atoms with van der Waals surface area (Å²) in [6, 6.07) is 12.8. The molecule has 2 aromatic rings. The molecule has 0 atom stereocenters. The minimum Gasteiger partial charge on any atom is -0.308 e. The molecule has 0 aliphatic heterocycles. The molecule has 0 fully saturated rings. The van der Waals surface area contributed by atoms with Gasteiger partial charge in [0.15, 0.2) is 0 Å². The number of aryl methyl sites for hydroxylation is 2. The monoisotopic (exact) mass is 334 g/mol. The first-order chi connectivity index (χ1) is 11.1. The zero-order valence-electron chi connectivity index (χ0n) is 14.8. The topological polar surface area (TPSA) is 41.1 Å². The quantitative estimate of drug-likeness (QED) is 0.633. The summed E-state index contributed by atoms with van der Waals surface area (Å²) in [5.74, 6) is 0. The number of carbonyl (C=O) groups is 1. The van der Waals surface area contributed by atoms with Crippen LogP contribution in [-0.4, -0.2) is 6.03 Å². The summed E-state index contributed by atoms with van der Waals surface area (Å²) in [5, 5.41) is 6.07. The molecule has 0 saturated carbocycles. The third kappa shape index (κ3) is 7.20. The van der Waals surface area contributed by atoms with E-state index in [1.807, 2.05) is 77.9 Å². The van der Waals surface area contributed by atoms with E-state index in [-0.39, 0.29) is 6.03 Å². The number of hydrogen-bond donors (Lipinski definition) is 2. The van der Waals surface area contributed by atoms with Gasteiger partial charge in [-0.2, -0.15) is 0 Å². The van der Waals surface area contributed by atoms with E-state index >= 15 is 0 Å². The van der Waals surface area contributed by atoms with Crippen LogP contribution >= 0.6 is 11.6 Å². The summed E-state index contributed by atoms with van der Waals surface area (Å²) >= 11 is 6.06. The van der Waals surface area contributed by atoms with Gasteiger partial charge < -0.3 is 10.6 Å². The number of urea groups is 1. The van der Waals surface area contributed by atoms with Gasteiger partial charge in [-0.3, -0.25) is 0 Å². The lowest BCUT2D eigenvalue weighted by atomic mass is 10.2. The summed E-state index contributed by atoms with van der Waals surface area (Å²) < 4.78 is 0. The maximum atomic E-state index is 11.9. The molecule has 0 radical (unpaired) electrons. The summed E-state index contributed by atoms with van der Waals surface area (Å²) in [4.78, 5) is 11.9. The van der Waals surface area contributed by atoms with E-state index in [2.05, 4.69) is 10.6 Å². The highest BCUT2D eigenvalue weighted by atomic mass is 35.5. The molecule has 23 heavy (non-hydrogen) atoms. The Morgan fingerprint density at radius 1 is 0.913 bits per heavy atom. The summed E-state index contributed by atoms with van der Waals surface area (Å²) in [6.45, 7) is 11.9. The first-order valence-corrected chi connectivity index (χ1v) is 8.34. The van der Waals surface area contributed by atoms with Crippen molar-refractivity contribution in [2.24, 2.45) is 0 Å². The molecule has 0 spiro atoms. The van der Waals surface area contributed by atoms with Crippen molar-refractivity contribution < 1.29 is 4.79 Å². The SMILES string of the molecule is CC.CC.Cc1cccc(NC(=O)Nc2c(C)cccc2Cl)c1. The summed E-state index contributed by atoms with van der Waals surface area (Å²) in [7, 11) is 0. The van der Waals surface area contributed by atoms with Crippen LogP contribution in [0.15, 0.2) is 42.5 Å². The lowest BCUT2D eigenvalue weighted by Gasteiger charge is -2.11. The minimum atomic E-state index is -0.304. The number of benzene rings is 2. The van der Waals surface area contributed by atoms with Gasteiger partial charge >= 0.3 is 6.03 Å². The lowest BCUT2D eigenvalue weighted by molar-refractivity contribution is 0.262. The number of carbonyl (C=O) groups excluding carboxylic acids is 1. The number of rotatable bonds is 2. The maximum absolute atomic E-state index is 11.9. The molecule has 2 aromatic carbocycles. The van der Waals surface area contributed by atoms with Crippen molar-refractivity contribution in [2.45, 2.75) is 41.5 Å². The van der Waals surface area contributed by atoms with E-state index in [1.165, 1.54) is 0 Å². The third-order valence-corrected chi connectivity index (χ3v) is 3.05. The van der Waals surface area contributed by atoms with Crippen LogP contribution in [0.25, 0.3) is 0 Å². The van der Waals surface area contributed by atoms with E-state index in [4.69, 9.17) is 11.6 Å².